The second kappa shape index (κ2) is 12.8. The number of aliphatic carboxylic acids is 1. The van der Waals surface area contributed by atoms with Gasteiger partial charge in [0, 0.05) is 18.6 Å². The molecule has 2 aliphatic rings. The molecule has 2 amide bonds. The van der Waals surface area contributed by atoms with Crippen molar-refractivity contribution in [2.45, 2.75) is 104 Å². The fourth-order valence-electron chi connectivity index (χ4n) is 5.97. The summed E-state index contributed by atoms with van der Waals surface area (Å²) in [5, 5.41) is 27.3. The standard InChI is InChI=1S/C31H49N3O5/c1-20(31(5,6)29(38)39)27(36)32-24(16-21-12-8-7-9-13-21)26(35)19-34-18-23-15-11-10-14-22(23)17-25(34)28(37)33-30(2,3)4/h7-9,12-13,20,22-26,35H,10-11,14-19H2,1-6H3,(H,32,36)(H,33,37)(H,38,39)/t20-,22-,23+,24-,25-,26+/m0/s1. The topological polar surface area (TPSA) is 119 Å². The third-order valence-corrected chi connectivity index (χ3v) is 8.84. The molecule has 1 heterocycles. The Hall–Kier alpha value is -2.45. The number of nitrogens with zero attached hydrogens (tertiary/aromatic N) is 1. The van der Waals surface area contributed by atoms with Crippen LogP contribution in [-0.4, -0.2) is 69.7 Å². The van der Waals surface area contributed by atoms with E-state index in [0.29, 0.717) is 18.3 Å². The molecule has 2 fully saturated rings. The number of fused-ring (bicyclic) bond motifs is 1. The third-order valence-electron chi connectivity index (χ3n) is 8.84. The zero-order chi connectivity index (χ0) is 29.0. The van der Waals surface area contributed by atoms with Crippen LogP contribution in [0.4, 0.5) is 0 Å². The third kappa shape index (κ3) is 8.27. The number of hydrogen-bond acceptors (Lipinski definition) is 5. The predicted molar refractivity (Wildman–Crippen MR) is 152 cm³/mol. The number of likely N-dealkylation sites (tertiary alicyclic amines) is 1. The number of β-amino-alcohol motifs (C(OH)–C–C–N with tert-alkyl or cyclic N) is 1. The van der Waals surface area contributed by atoms with Crippen molar-refractivity contribution in [1.82, 2.24) is 15.5 Å². The van der Waals surface area contributed by atoms with Crippen molar-refractivity contribution in [2.24, 2.45) is 23.2 Å². The first kappa shape index (κ1) is 31.1. The number of amides is 2. The van der Waals surface area contributed by atoms with E-state index in [4.69, 9.17) is 0 Å². The Morgan fingerprint density at radius 1 is 1.03 bits per heavy atom. The highest BCUT2D eigenvalue weighted by Gasteiger charge is 2.43. The van der Waals surface area contributed by atoms with Crippen molar-refractivity contribution in [2.75, 3.05) is 13.1 Å². The molecule has 0 aromatic heterocycles. The maximum atomic E-state index is 13.4. The minimum Gasteiger partial charge on any atom is -0.481 e. The molecule has 4 N–H and O–H groups in total. The summed E-state index contributed by atoms with van der Waals surface area (Å²) in [5.41, 5.74) is -0.660. The molecule has 1 aliphatic carbocycles. The van der Waals surface area contributed by atoms with Crippen LogP contribution in [0, 0.1) is 23.2 Å². The molecule has 8 nitrogen and oxygen atoms in total. The van der Waals surface area contributed by atoms with Gasteiger partial charge in [0.05, 0.1) is 29.5 Å². The Balaban J connectivity index is 1.82. The van der Waals surface area contributed by atoms with Crippen LogP contribution in [0.2, 0.25) is 0 Å². The number of aliphatic hydroxyl groups is 1. The second-order valence-electron chi connectivity index (χ2n) is 13.4. The van der Waals surface area contributed by atoms with E-state index in [1.807, 2.05) is 51.1 Å². The number of aliphatic hydroxyl groups excluding tert-OH is 1. The average molecular weight is 544 g/mol. The number of benzene rings is 1. The number of carboxylic acid groups (broad SMARTS) is 1. The lowest BCUT2D eigenvalue weighted by Crippen LogP contribution is -2.60. The van der Waals surface area contributed by atoms with Crippen molar-refractivity contribution < 1.29 is 24.6 Å². The maximum absolute atomic E-state index is 13.4. The highest BCUT2D eigenvalue weighted by Crippen LogP contribution is 2.39. The van der Waals surface area contributed by atoms with Crippen LogP contribution >= 0.6 is 0 Å². The molecule has 1 aromatic rings. The van der Waals surface area contributed by atoms with Crippen LogP contribution in [0.15, 0.2) is 30.3 Å². The summed E-state index contributed by atoms with van der Waals surface area (Å²) >= 11 is 0. The highest BCUT2D eigenvalue weighted by atomic mass is 16.4. The van der Waals surface area contributed by atoms with E-state index < -0.39 is 35.4 Å². The summed E-state index contributed by atoms with van der Waals surface area (Å²) in [6.45, 7) is 11.6. The van der Waals surface area contributed by atoms with Gasteiger partial charge in [0.1, 0.15) is 0 Å². The number of carbonyl (C=O) groups is 3. The number of nitrogens with one attached hydrogen (secondary N) is 2. The van der Waals surface area contributed by atoms with Crippen LogP contribution in [-0.2, 0) is 20.8 Å². The molecule has 0 spiro atoms. The average Bonchev–Trinajstić information content (AvgIpc) is 2.86. The number of hydrogen-bond donors (Lipinski definition) is 4. The molecule has 0 unspecified atom stereocenters. The van der Waals surface area contributed by atoms with Gasteiger partial charge in [-0.05, 0) is 71.3 Å². The zero-order valence-corrected chi connectivity index (χ0v) is 24.6. The van der Waals surface area contributed by atoms with E-state index in [2.05, 4.69) is 15.5 Å². The van der Waals surface area contributed by atoms with Crippen molar-refractivity contribution in [3.63, 3.8) is 0 Å². The molecule has 1 aromatic carbocycles. The van der Waals surface area contributed by atoms with Gasteiger partial charge in [0.25, 0.3) is 0 Å². The van der Waals surface area contributed by atoms with Gasteiger partial charge in [-0.15, -0.1) is 0 Å². The molecule has 0 radical (unpaired) electrons. The monoisotopic (exact) mass is 543 g/mol. The molecule has 0 bridgehead atoms. The van der Waals surface area contributed by atoms with Gasteiger partial charge < -0.3 is 20.8 Å². The van der Waals surface area contributed by atoms with Gasteiger partial charge in [0.2, 0.25) is 11.8 Å². The quantitative estimate of drug-likeness (QED) is 0.358. The van der Waals surface area contributed by atoms with Crippen LogP contribution < -0.4 is 10.6 Å². The van der Waals surface area contributed by atoms with Crippen LogP contribution in [0.25, 0.3) is 0 Å². The van der Waals surface area contributed by atoms with Crippen molar-refractivity contribution in [3.8, 4) is 0 Å². The van der Waals surface area contributed by atoms with Gasteiger partial charge in [-0.1, -0.05) is 56.5 Å². The largest absolute Gasteiger partial charge is 0.481 e. The van der Waals surface area contributed by atoms with E-state index in [1.54, 1.807) is 6.92 Å². The SMILES string of the molecule is C[C@@H](C(=O)N[C@@H](Cc1ccccc1)[C@H](O)CN1C[C@H]2CCCC[C@H]2C[C@H]1C(=O)NC(C)(C)C)C(C)(C)C(=O)O. The molecular weight excluding hydrogens is 494 g/mol. The molecule has 8 heteroatoms. The zero-order valence-electron chi connectivity index (χ0n) is 24.6. The van der Waals surface area contributed by atoms with Crippen molar-refractivity contribution >= 4 is 17.8 Å². The summed E-state index contributed by atoms with van der Waals surface area (Å²) in [5.74, 6) is -1.25. The molecule has 1 aliphatic heterocycles. The number of rotatable bonds is 10. The van der Waals surface area contributed by atoms with Crippen LogP contribution in [0.3, 0.4) is 0 Å². The van der Waals surface area contributed by atoms with Crippen molar-refractivity contribution in [3.05, 3.63) is 35.9 Å². The number of piperidine rings is 1. The summed E-state index contributed by atoms with van der Waals surface area (Å²) < 4.78 is 0. The summed E-state index contributed by atoms with van der Waals surface area (Å²) in [6, 6.07) is 8.67. The number of carbonyl (C=O) groups excluding carboxylic acids is 2. The van der Waals surface area contributed by atoms with E-state index in [0.717, 1.165) is 31.4 Å². The second-order valence-corrected chi connectivity index (χ2v) is 13.4. The van der Waals surface area contributed by atoms with Gasteiger partial charge in [0.15, 0.2) is 0 Å². The molecule has 218 valence electrons. The lowest BCUT2D eigenvalue weighted by atomic mass is 9.72. The lowest BCUT2D eigenvalue weighted by molar-refractivity contribution is -0.153. The summed E-state index contributed by atoms with van der Waals surface area (Å²) in [4.78, 5) is 40.6. The van der Waals surface area contributed by atoms with Gasteiger partial charge in [-0.2, -0.15) is 0 Å². The minimum absolute atomic E-state index is 0.0146. The first-order valence-corrected chi connectivity index (χ1v) is 14.5. The van der Waals surface area contributed by atoms with E-state index in [-0.39, 0.29) is 24.0 Å². The van der Waals surface area contributed by atoms with Gasteiger partial charge in [-0.3, -0.25) is 19.3 Å². The van der Waals surface area contributed by atoms with Crippen molar-refractivity contribution in [1.29, 1.82) is 0 Å². The fourth-order valence-corrected chi connectivity index (χ4v) is 5.97. The van der Waals surface area contributed by atoms with E-state index in [1.165, 1.54) is 26.7 Å². The van der Waals surface area contributed by atoms with Gasteiger partial charge >= 0.3 is 5.97 Å². The predicted octanol–water partition coefficient (Wildman–Crippen LogP) is 3.62. The Kier molecular flexibility index (Phi) is 10.2. The first-order valence-electron chi connectivity index (χ1n) is 14.5. The van der Waals surface area contributed by atoms with Gasteiger partial charge in [-0.25, -0.2) is 0 Å². The molecule has 6 atom stereocenters. The molecule has 1 saturated heterocycles. The van der Waals surface area contributed by atoms with E-state index in [9.17, 15) is 24.6 Å². The van der Waals surface area contributed by atoms with Crippen LogP contribution in [0.5, 0.6) is 0 Å². The fraction of sp³-hybridized carbons (Fsp3) is 0.710. The highest BCUT2D eigenvalue weighted by molar-refractivity contribution is 5.86. The Labute approximate surface area is 233 Å². The Morgan fingerprint density at radius 2 is 1.64 bits per heavy atom. The smallest absolute Gasteiger partial charge is 0.309 e. The Bertz CT molecular complexity index is 990. The lowest BCUT2D eigenvalue weighted by Gasteiger charge is -2.47. The van der Waals surface area contributed by atoms with E-state index >= 15 is 0 Å². The number of carboxylic acids is 1. The molecule has 3 rings (SSSR count). The molecular formula is C31H49N3O5. The summed E-state index contributed by atoms with van der Waals surface area (Å²) in [6.07, 6.45) is 4.90. The Morgan fingerprint density at radius 3 is 2.23 bits per heavy atom. The normalized spacial score (nSPS) is 24.6. The minimum atomic E-state index is -1.26. The molecule has 1 saturated carbocycles. The summed E-state index contributed by atoms with van der Waals surface area (Å²) in [7, 11) is 0. The maximum Gasteiger partial charge on any atom is 0.309 e. The first-order chi connectivity index (χ1) is 18.2. The van der Waals surface area contributed by atoms with Crippen LogP contribution in [0.1, 0.15) is 79.2 Å². The molecule has 39 heavy (non-hydrogen) atoms.